The number of halogens is 1. The molecule has 0 radical (unpaired) electrons. The molecule has 3 nitrogen and oxygen atoms in total. The molecule has 0 aliphatic carbocycles. The van der Waals surface area contributed by atoms with Crippen molar-refractivity contribution < 1.29 is 4.79 Å². The molecule has 1 aromatic heterocycles. The third kappa shape index (κ3) is 3.96. The summed E-state index contributed by atoms with van der Waals surface area (Å²) in [6.07, 6.45) is 0. The normalized spacial score (nSPS) is 12.5. The summed E-state index contributed by atoms with van der Waals surface area (Å²) >= 11 is 7.50. The van der Waals surface area contributed by atoms with Crippen molar-refractivity contribution in [1.29, 1.82) is 0 Å². The van der Waals surface area contributed by atoms with Gasteiger partial charge in [-0.05, 0) is 49.0 Å². The monoisotopic (exact) mass is 358 g/mol. The average Bonchev–Trinajstić information content (AvgIpc) is 2.98. The fourth-order valence-electron chi connectivity index (χ4n) is 2.53. The van der Waals surface area contributed by atoms with Crippen LogP contribution in [0.15, 0.2) is 54.6 Å². The van der Waals surface area contributed by atoms with Gasteiger partial charge < -0.3 is 5.32 Å². The highest BCUT2D eigenvalue weighted by Gasteiger charge is 2.19. The second kappa shape index (κ2) is 7.34. The Morgan fingerprint density at radius 1 is 1.17 bits per heavy atom. The van der Waals surface area contributed by atoms with E-state index in [2.05, 4.69) is 11.4 Å². The first kappa shape index (κ1) is 17.0. The van der Waals surface area contributed by atoms with E-state index in [0.717, 1.165) is 25.7 Å². The van der Waals surface area contributed by atoms with E-state index in [9.17, 15) is 4.79 Å². The molecule has 0 bridgehead atoms. The highest BCUT2D eigenvalue weighted by molar-refractivity contribution is 7.16. The molecule has 1 amide bonds. The van der Waals surface area contributed by atoms with E-state index in [1.54, 1.807) is 11.3 Å². The molecule has 3 rings (SSSR count). The van der Waals surface area contributed by atoms with Crippen molar-refractivity contribution in [3.8, 4) is 0 Å². The molecule has 0 aliphatic heterocycles. The van der Waals surface area contributed by atoms with Crippen molar-refractivity contribution in [2.45, 2.75) is 19.5 Å². The topological polar surface area (TPSA) is 32.3 Å². The number of carbonyl (C=O) groups is 1. The predicted molar refractivity (Wildman–Crippen MR) is 103 cm³/mol. The maximum atomic E-state index is 12.5. The Kier molecular flexibility index (Phi) is 5.19. The summed E-state index contributed by atoms with van der Waals surface area (Å²) in [5, 5.41) is 5.28. The fraction of sp³-hybridized carbons (Fsp3) is 0.211. The molecular weight excluding hydrogens is 340 g/mol. The van der Waals surface area contributed by atoms with E-state index in [1.165, 1.54) is 0 Å². The van der Waals surface area contributed by atoms with Gasteiger partial charge in [-0.15, -0.1) is 11.3 Å². The largest absolute Gasteiger partial charge is 0.325 e. The SMILES string of the molecule is C[C@H](C(=O)Nc1ccc2ccccc2c1)N(C)Cc1ccc(Cl)s1. The van der Waals surface area contributed by atoms with E-state index in [1.807, 2.05) is 67.4 Å². The van der Waals surface area contributed by atoms with Crippen molar-refractivity contribution >= 4 is 45.3 Å². The first-order valence-electron chi connectivity index (χ1n) is 7.77. The summed E-state index contributed by atoms with van der Waals surface area (Å²) in [5.41, 5.74) is 0.818. The third-order valence-corrected chi connectivity index (χ3v) is 5.31. The fourth-order valence-corrected chi connectivity index (χ4v) is 3.68. The maximum absolute atomic E-state index is 12.5. The Morgan fingerprint density at radius 2 is 1.92 bits per heavy atom. The van der Waals surface area contributed by atoms with Crippen LogP contribution in [0.1, 0.15) is 11.8 Å². The zero-order valence-electron chi connectivity index (χ0n) is 13.6. The summed E-state index contributed by atoms with van der Waals surface area (Å²) < 4.78 is 0.770. The van der Waals surface area contributed by atoms with E-state index in [4.69, 9.17) is 11.6 Å². The number of hydrogen-bond acceptors (Lipinski definition) is 3. The van der Waals surface area contributed by atoms with Gasteiger partial charge in [-0.25, -0.2) is 0 Å². The highest BCUT2D eigenvalue weighted by Crippen LogP contribution is 2.23. The smallest absolute Gasteiger partial charge is 0.241 e. The molecule has 0 aliphatic rings. The Morgan fingerprint density at radius 3 is 2.62 bits per heavy atom. The number of nitrogens with one attached hydrogen (secondary N) is 1. The van der Waals surface area contributed by atoms with Crippen LogP contribution in [0.25, 0.3) is 10.8 Å². The van der Waals surface area contributed by atoms with Gasteiger partial charge in [0, 0.05) is 17.1 Å². The minimum atomic E-state index is -0.239. The number of nitrogens with zero attached hydrogens (tertiary/aromatic N) is 1. The van der Waals surface area contributed by atoms with Gasteiger partial charge in [-0.1, -0.05) is 41.9 Å². The molecule has 0 spiro atoms. The quantitative estimate of drug-likeness (QED) is 0.695. The number of anilines is 1. The molecule has 1 heterocycles. The lowest BCUT2D eigenvalue weighted by Crippen LogP contribution is -2.39. The molecule has 24 heavy (non-hydrogen) atoms. The number of thiophene rings is 1. The van der Waals surface area contributed by atoms with Crippen molar-refractivity contribution in [2.75, 3.05) is 12.4 Å². The Hall–Kier alpha value is -1.88. The summed E-state index contributed by atoms with van der Waals surface area (Å²) in [6, 6.07) is 17.7. The Bertz CT molecular complexity index is 861. The lowest BCUT2D eigenvalue weighted by molar-refractivity contribution is -0.120. The van der Waals surface area contributed by atoms with Gasteiger partial charge in [0.15, 0.2) is 0 Å². The molecule has 2 aromatic carbocycles. The predicted octanol–water partition coefficient (Wildman–Crippen LogP) is 5.01. The molecule has 0 fully saturated rings. The molecule has 0 saturated heterocycles. The van der Waals surface area contributed by atoms with Gasteiger partial charge in [0.05, 0.1) is 10.4 Å². The number of benzene rings is 2. The van der Waals surface area contributed by atoms with Gasteiger partial charge >= 0.3 is 0 Å². The third-order valence-electron chi connectivity index (χ3n) is 4.09. The molecule has 3 aromatic rings. The van der Waals surface area contributed by atoms with Gasteiger partial charge in [0.25, 0.3) is 0 Å². The summed E-state index contributed by atoms with van der Waals surface area (Å²) in [4.78, 5) is 15.7. The molecular formula is C19H19ClN2OS. The lowest BCUT2D eigenvalue weighted by Gasteiger charge is -2.23. The second-order valence-corrected chi connectivity index (χ2v) is 7.65. The number of carbonyl (C=O) groups excluding carboxylic acids is 1. The van der Waals surface area contributed by atoms with Crippen molar-refractivity contribution in [3.63, 3.8) is 0 Å². The maximum Gasteiger partial charge on any atom is 0.241 e. The standard InChI is InChI=1S/C19H19ClN2OS/c1-13(22(2)12-17-9-10-18(20)24-17)19(23)21-16-8-7-14-5-3-4-6-15(14)11-16/h3-11,13H,12H2,1-2H3,(H,21,23)/t13-/m1/s1. The van der Waals surface area contributed by atoms with Gasteiger partial charge in [-0.3, -0.25) is 9.69 Å². The van der Waals surface area contributed by atoms with Crippen LogP contribution in [0.2, 0.25) is 4.34 Å². The van der Waals surface area contributed by atoms with Crippen LogP contribution < -0.4 is 5.32 Å². The average molecular weight is 359 g/mol. The molecule has 0 saturated carbocycles. The zero-order valence-corrected chi connectivity index (χ0v) is 15.2. The number of hydrogen-bond donors (Lipinski definition) is 1. The molecule has 1 N–H and O–H groups in total. The van der Waals surface area contributed by atoms with Gasteiger partial charge in [0.2, 0.25) is 5.91 Å². The second-order valence-electron chi connectivity index (χ2n) is 5.85. The molecule has 5 heteroatoms. The number of rotatable bonds is 5. The minimum absolute atomic E-state index is 0.0181. The van der Waals surface area contributed by atoms with E-state index in [0.29, 0.717) is 6.54 Å². The molecule has 0 unspecified atom stereocenters. The minimum Gasteiger partial charge on any atom is -0.325 e. The van der Waals surface area contributed by atoms with Crippen LogP contribution in [0.5, 0.6) is 0 Å². The van der Waals surface area contributed by atoms with Crippen LogP contribution in [-0.4, -0.2) is 23.9 Å². The van der Waals surface area contributed by atoms with Crippen LogP contribution in [0, 0.1) is 0 Å². The zero-order chi connectivity index (χ0) is 17.1. The van der Waals surface area contributed by atoms with Gasteiger partial charge in [0.1, 0.15) is 0 Å². The molecule has 1 atom stereocenters. The molecule has 124 valence electrons. The van der Waals surface area contributed by atoms with Crippen molar-refractivity contribution in [1.82, 2.24) is 4.90 Å². The highest BCUT2D eigenvalue weighted by atomic mass is 35.5. The first-order valence-corrected chi connectivity index (χ1v) is 8.96. The van der Waals surface area contributed by atoms with E-state index >= 15 is 0 Å². The van der Waals surface area contributed by atoms with E-state index < -0.39 is 0 Å². The van der Waals surface area contributed by atoms with Crippen LogP contribution in [0.4, 0.5) is 5.69 Å². The summed E-state index contributed by atoms with van der Waals surface area (Å²) in [7, 11) is 1.94. The Balaban J connectivity index is 1.66. The summed E-state index contributed by atoms with van der Waals surface area (Å²) in [6.45, 7) is 2.61. The number of likely N-dealkylation sites (N-methyl/N-ethyl adjacent to an activating group) is 1. The lowest BCUT2D eigenvalue weighted by atomic mass is 10.1. The number of fused-ring (bicyclic) bond motifs is 1. The van der Waals surface area contributed by atoms with Crippen molar-refractivity contribution in [2.24, 2.45) is 0 Å². The van der Waals surface area contributed by atoms with E-state index in [-0.39, 0.29) is 11.9 Å². The van der Waals surface area contributed by atoms with Crippen LogP contribution >= 0.6 is 22.9 Å². The summed E-state index contributed by atoms with van der Waals surface area (Å²) in [5.74, 6) is -0.0181. The first-order chi connectivity index (χ1) is 11.5. The van der Waals surface area contributed by atoms with Crippen molar-refractivity contribution in [3.05, 3.63) is 63.8 Å². The van der Waals surface area contributed by atoms with Gasteiger partial charge in [-0.2, -0.15) is 0 Å². The van der Waals surface area contributed by atoms with Crippen LogP contribution in [-0.2, 0) is 11.3 Å². The Labute approximate surface area is 150 Å². The number of amides is 1. The van der Waals surface area contributed by atoms with Crippen LogP contribution in [0.3, 0.4) is 0 Å².